The zero-order chi connectivity index (χ0) is 19.6. The maximum absolute atomic E-state index is 13.1. The third-order valence-electron chi connectivity index (χ3n) is 6.70. The van der Waals surface area contributed by atoms with Gasteiger partial charge in [0.05, 0.1) is 12.0 Å². The first-order chi connectivity index (χ1) is 13.5. The number of ether oxygens (including phenoxy) is 2. The Hall–Kier alpha value is -1.15. The van der Waals surface area contributed by atoms with Crippen LogP contribution < -0.4 is 4.74 Å². The predicted molar refractivity (Wildman–Crippen MR) is 108 cm³/mol. The van der Waals surface area contributed by atoms with E-state index in [1.54, 1.807) is 35.7 Å². The largest absolute Gasteiger partial charge is 0.497 e. The summed E-state index contributed by atoms with van der Waals surface area (Å²) in [6.07, 6.45) is 5.57. The van der Waals surface area contributed by atoms with E-state index in [1.807, 2.05) is 0 Å². The van der Waals surface area contributed by atoms with Gasteiger partial charge in [-0.15, -0.1) is 0 Å². The van der Waals surface area contributed by atoms with Crippen molar-refractivity contribution < 1.29 is 17.9 Å². The summed E-state index contributed by atoms with van der Waals surface area (Å²) in [4.78, 5) is 2.95. The fourth-order valence-electron chi connectivity index (χ4n) is 5.09. The minimum atomic E-state index is -3.44. The Kier molecular flexibility index (Phi) is 5.97. The third-order valence-corrected chi connectivity index (χ3v) is 8.56. The van der Waals surface area contributed by atoms with Gasteiger partial charge in [-0.3, -0.25) is 0 Å². The highest BCUT2D eigenvalue weighted by atomic mass is 32.2. The van der Waals surface area contributed by atoms with E-state index in [0.29, 0.717) is 23.7 Å². The van der Waals surface area contributed by atoms with Gasteiger partial charge in [-0.2, -0.15) is 4.31 Å². The summed E-state index contributed by atoms with van der Waals surface area (Å²) in [6.45, 7) is 6.35. The molecule has 3 aliphatic rings. The Bertz CT molecular complexity index is 761. The lowest BCUT2D eigenvalue weighted by Crippen LogP contribution is -2.47. The van der Waals surface area contributed by atoms with Gasteiger partial charge in [-0.1, -0.05) is 0 Å². The lowest BCUT2D eigenvalue weighted by Gasteiger charge is -2.42. The lowest BCUT2D eigenvalue weighted by atomic mass is 9.79. The number of hydrogen-bond acceptors (Lipinski definition) is 5. The third kappa shape index (κ3) is 4.22. The minimum Gasteiger partial charge on any atom is -0.497 e. The van der Waals surface area contributed by atoms with Crippen LogP contribution in [0.25, 0.3) is 0 Å². The molecule has 1 spiro atoms. The molecule has 0 aliphatic carbocycles. The molecule has 1 unspecified atom stereocenters. The molecule has 1 atom stereocenters. The number of hydrogen-bond donors (Lipinski definition) is 0. The van der Waals surface area contributed by atoms with E-state index in [4.69, 9.17) is 9.47 Å². The van der Waals surface area contributed by atoms with Crippen molar-refractivity contribution in [2.75, 3.05) is 53.0 Å². The first-order valence-corrected chi connectivity index (χ1v) is 11.9. The molecule has 0 amide bonds. The molecule has 0 N–H and O–H groups in total. The molecule has 3 fully saturated rings. The van der Waals surface area contributed by atoms with E-state index in [2.05, 4.69) is 4.90 Å². The number of rotatable bonds is 5. The normalized spacial score (nSPS) is 28.0. The Balaban J connectivity index is 1.41. The van der Waals surface area contributed by atoms with Crippen molar-refractivity contribution in [2.24, 2.45) is 11.3 Å². The summed E-state index contributed by atoms with van der Waals surface area (Å²) >= 11 is 0. The van der Waals surface area contributed by atoms with Crippen molar-refractivity contribution in [3.8, 4) is 5.75 Å². The molecule has 3 heterocycles. The van der Waals surface area contributed by atoms with Crippen LogP contribution in [-0.4, -0.2) is 70.7 Å². The monoisotopic (exact) mass is 408 g/mol. The zero-order valence-corrected chi connectivity index (χ0v) is 17.6. The zero-order valence-electron chi connectivity index (χ0n) is 16.8. The summed E-state index contributed by atoms with van der Waals surface area (Å²) in [5, 5.41) is 0. The molecule has 3 saturated heterocycles. The second-order valence-electron chi connectivity index (χ2n) is 8.66. The van der Waals surface area contributed by atoms with Crippen molar-refractivity contribution in [1.29, 1.82) is 0 Å². The lowest BCUT2D eigenvalue weighted by molar-refractivity contribution is 0.0327. The molecule has 0 aromatic heterocycles. The first-order valence-electron chi connectivity index (χ1n) is 10.5. The van der Waals surface area contributed by atoms with Crippen LogP contribution in [0.3, 0.4) is 0 Å². The number of nitrogens with zero attached hydrogens (tertiary/aromatic N) is 2. The summed E-state index contributed by atoms with van der Waals surface area (Å²) in [5.74, 6) is 1.40. The Morgan fingerprint density at radius 2 is 1.86 bits per heavy atom. The van der Waals surface area contributed by atoms with Crippen molar-refractivity contribution in [3.05, 3.63) is 24.3 Å². The highest BCUT2D eigenvalue weighted by Gasteiger charge is 2.45. The van der Waals surface area contributed by atoms with E-state index in [9.17, 15) is 8.42 Å². The SMILES string of the molecule is COc1ccc(S(=O)(=O)N2CCC3(CCCN(CC4CCOCC4)C3)C2)cc1. The maximum atomic E-state index is 13.1. The van der Waals surface area contributed by atoms with Crippen molar-refractivity contribution in [3.63, 3.8) is 0 Å². The predicted octanol–water partition coefficient (Wildman–Crippen LogP) is 2.60. The maximum Gasteiger partial charge on any atom is 0.243 e. The second kappa shape index (κ2) is 8.30. The van der Waals surface area contributed by atoms with Crippen molar-refractivity contribution in [2.45, 2.75) is 37.0 Å². The summed E-state index contributed by atoms with van der Waals surface area (Å²) in [6, 6.07) is 6.73. The molecule has 28 heavy (non-hydrogen) atoms. The highest BCUT2D eigenvalue weighted by molar-refractivity contribution is 7.89. The quantitative estimate of drug-likeness (QED) is 0.750. The van der Waals surface area contributed by atoms with Gasteiger partial charge in [0.1, 0.15) is 5.75 Å². The van der Waals surface area contributed by atoms with Gasteiger partial charge in [0.2, 0.25) is 10.0 Å². The molecule has 6 nitrogen and oxygen atoms in total. The Labute approximate surface area is 168 Å². The first kappa shape index (κ1) is 20.1. The standard InChI is InChI=1S/C21H32N2O4S/c1-26-19-3-5-20(6-4-19)28(24,25)23-12-10-21(17-23)9-2-11-22(16-21)15-18-7-13-27-14-8-18/h3-6,18H,2,7-17H2,1H3. The molecule has 7 heteroatoms. The number of piperidine rings is 1. The summed E-state index contributed by atoms with van der Waals surface area (Å²) in [7, 11) is -1.85. The Morgan fingerprint density at radius 3 is 2.57 bits per heavy atom. The molecule has 0 bridgehead atoms. The number of likely N-dealkylation sites (tertiary alicyclic amines) is 1. The van der Waals surface area contributed by atoms with Crippen molar-refractivity contribution in [1.82, 2.24) is 9.21 Å². The van der Waals surface area contributed by atoms with E-state index in [0.717, 1.165) is 64.4 Å². The van der Waals surface area contributed by atoms with Crippen molar-refractivity contribution >= 4 is 10.0 Å². The molecule has 4 rings (SSSR count). The summed E-state index contributed by atoms with van der Waals surface area (Å²) < 4.78 is 38.6. The van der Waals surface area contributed by atoms with Gasteiger partial charge in [0, 0.05) is 39.4 Å². The van der Waals surface area contributed by atoms with Crippen LogP contribution in [0.2, 0.25) is 0 Å². The van der Waals surface area contributed by atoms with Gasteiger partial charge in [-0.25, -0.2) is 8.42 Å². The average Bonchev–Trinajstić information content (AvgIpc) is 3.13. The van der Waals surface area contributed by atoms with E-state index < -0.39 is 10.0 Å². The van der Waals surface area contributed by atoms with Gasteiger partial charge in [0.15, 0.2) is 0 Å². The molecule has 1 aromatic carbocycles. The molecular weight excluding hydrogens is 376 g/mol. The van der Waals surface area contributed by atoms with E-state index in [1.165, 1.54) is 6.42 Å². The highest BCUT2D eigenvalue weighted by Crippen LogP contribution is 2.41. The molecule has 0 saturated carbocycles. The van der Waals surface area contributed by atoms with E-state index in [-0.39, 0.29) is 5.41 Å². The van der Waals surface area contributed by atoms with Gasteiger partial charge >= 0.3 is 0 Å². The topological polar surface area (TPSA) is 59.1 Å². The van der Waals surface area contributed by atoms with Crippen LogP contribution in [0.1, 0.15) is 32.1 Å². The Morgan fingerprint density at radius 1 is 1.11 bits per heavy atom. The molecule has 0 radical (unpaired) electrons. The number of benzene rings is 1. The second-order valence-corrected chi connectivity index (χ2v) is 10.6. The molecule has 156 valence electrons. The van der Waals surface area contributed by atoms with Crippen LogP contribution in [-0.2, 0) is 14.8 Å². The average molecular weight is 409 g/mol. The number of sulfonamides is 1. The van der Waals surface area contributed by atoms with Gasteiger partial charge in [0.25, 0.3) is 0 Å². The molecule has 1 aromatic rings. The summed E-state index contributed by atoms with van der Waals surface area (Å²) in [5.41, 5.74) is 0.114. The van der Waals surface area contributed by atoms with E-state index >= 15 is 0 Å². The van der Waals surface area contributed by atoms with Crippen LogP contribution in [0.15, 0.2) is 29.2 Å². The van der Waals surface area contributed by atoms with Crippen LogP contribution >= 0.6 is 0 Å². The minimum absolute atomic E-state index is 0.114. The fraction of sp³-hybridized carbons (Fsp3) is 0.714. The number of methoxy groups -OCH3 is 1. The molecule has 3 aliphatic heterocycles. The van der Waals surface area contributed by atoms with Gasteiger partial charge in [-0.05, 0) is 74.2 Å². The fourth-order valence-corrected chi connectivity index (χ4v) is 6.64. The van der Waals surface area contributed by atoms with Crippen LogP contribution in [0.5, 0.6) is 5.75 Å². The van der Waals surface area contributed by atoms with Crippen LogP contribution in [0, 0.1) is 11.3 Å². The smallest absolute Gasteiger partial charge is 0.243 e. The van der Waals surface area contributed by atoms with Crippen LogP contribution in [0.4, 0.5) is 0 Å². The molecular formula is C21H32N2O4S. The van der Waals surface area contributed by atoms with Gasteiger partial charge < -0.3 is 14.4 Å².